The first kappa shape index (κ1) is 45.1. The molecule has 0 saturated carbocycles. The van der Waals surface area contributed by atoms with Gasteiger partial charge in [0.15, 0.2) is 0 Å². The Morgan fingerprint density at radius 1 is 0.391 bits per heavy atom. The van der Waals surface area contributed by atoms with E-state index in [1.54, 1.807) is 0 Å². The van der Waals surface area contributed by atoms with E-state index in [0.29, 0.717) is 12.8 Å². The van der Waals surface area contributed by atoms with E-state index in [9.17, 15) is 9.59 Å². The van der Waals surface area contributed by atoms with Gasteiger partial charge < -0.3 is 4.74 Å². The standard InChI is InChI=1S/C43H84O3/c1-5-7-9-11-13-15-17-19-21-23-25-27-29-31-33-35-37-39-42(44)41(43(45)46-40(3)4)38-36-34-32-30-28-26-24-22-20-18-16-14-12-10-8-6-2/h40-41H,5-39H2,1-4H3. The summed E-state index contributed by atoms with van der Waals surface area (Å²) in [5.74, 6) is -0.712. The second-order valence-corrected chi connectivity index (χ2v) is 15.0. The van der Waals surface area contributed by atoms with Crippen LogP contribution >= 0.6 is 0 Å². The molecule has 1 atom stereocenters. The second-order valence-electron chi connectivity index (χ2n) is 15.0. The molecule has 3 heteroatoms. The highest BCUT2D eigenvalue weighted by atomic mass is 16.5. The van der Waals surface area contributed by atoms with Crippen LogP contribution in [0.5, 0.6) is 0 Å². The SMILES string of the molecule is CCCCCCCCCCCCCCCCCCCC(=O)C(CCCCCCCCCCCCCCCCCC)C(=O)OC(C)C. The van der Waals surface area contributed by atoms with Gasteiger partial charge in [0, 0.05) is 6.42 Å². The number of rotatable bonds is 38. The maximum Gasteiger partial charge on any atom is 0.316 e. The number of esters is 1. The van der Waals surface area contributed by atoms with E-state index in [1.165, 1.54) is 186 Å². The van der Waals surface area contributed by atoms with Crippen molar-refractivity contribution in [1.29, 1.82) is 0 Å². The average Bonchev–Trinajstić information content (AvgIpc) is 3.03. The first-order valence-corrected chi connectivity index (χ1v) is 21.3. The van der Waals surface area contributed by atoms with Crippen molar-refractivity contribution in [2.45, 2.75) is 259 Å². The molecule has 0 radical (unpaired) electrons. The highest BCUT2D eigenvalue weighted by Crippen LogP contribution is 2.20. The fourth-order valence-electron chi connectivity index (χ4n) is 6.82. The Kier molecular flexibility index (Phi) is 36.3. The van der Waals surface area contributed by atoms with Crippen molar-refractivity contribution in [3.63, 3.8) is 0 Å². The van der Waals surface area contributed by atoms with Gasteiger partial charge in [0.05, 0.1) is 6.10 Å². The van der Waals surface area contributed by atoms with Crippen LogP contribution in [-0.4, -0.2) is 17.9 Å². The summed E-state index contributed by atoms with van der Waals surface area (Å²) >= 11 is 0. The summed E-state index contributed by atoms with van der Waals surface area (Å²) in [6, 6.07) is 0. The van der Waals surface area contributed by atoms with E-state index in [1.807, 2.05) is 13.8 Å². The van der Waals surface area contributed by atoms with Gasteiger partial charge in [0.25, 0.3) is 0 Å². The van der Waals surface area contributed by atoms with Crippen molar-refractivity contribution in [3.05, 3.63) is 0 Å². The lowest BCUT2D eigenvalue weighted by molar-refractivity contribution is -0.155. The van der Waals surface area contributed by atoms with Crippen LogP contribution < -0.4 is 0 Å². The molecular formula is C43H84O3. The Hall–Kier alpha value is -0.860. The molecule has 0 saturated heterocycles. The van der Waals surface area contributed by atoms with Crippen molar-refractivity contribution < 1.29 is 14.3 Å². The van der Waals surface area contributed by atoms with E-state index in [-0.39, 0.29) is 17.9 Å². The number of unbranched alkanes of at least 4 members (excludes halogenated alkanes) is 31. The molecular weight excluding hydrogens is 564 g/mol. The predicted octanol–water partition coefficient (Wildman–Crippen LogP) is 14.8. The summed E-state index contributed by atoms with van der Waals surface area (Å²) in [5, 5.41) is 0. The lowest BCUT2D eigenvalue weighted by Gasteiger charge is -2.17. The Morgan fingerprint density at radius 2 is 0.652 bits per heavy atom. The van der Waals surface area contributed by atoms with E-state index in [4.69, 9.17) is 4.74 Å². The summed E-state index contributed by atoms with van der Waals surface area (Å²) in [7, 11) is 0. The normalized spacial score (nSPS) is 12.2. The van der Waals surface area contributed by atoms with Crippen molar-refractivity contribution in [3.8, 4) is 0 Å². The minimum absolute atomic E-state index is 0.118. The lowest BCUT2D eigenvalue weighted by Crippen LogP contribution is -2.28. The molecule has 0 amide bonds. The third-order valence-corrected chi connectivity index (χ3v) is 9.90. The number of Topliss-reactive ketones (excluding diaryl/α,β-unsaturated/α-hetero) is 1. The van der Waals surface area contributed by atoms with Crippen molar-refractivity contribution >= 4 is 11.8 Å². The number of carbonyl (C=O) groups excluding carboxylic acids is 2. The number of ketones is 1. The quantitative estimate of drug-likeness (QED) is 0.0380. The van der Waals surface area contributed by atoms with Crippen LogP contribution in [0.25, 0.3) is 0 Å². The molecule has 0 aliphatic rings. The van der Waals surface area contributed by atoms with E-state index < -0.39 is 5.92 Å². The van der Waals surface area contributed by atoms with Gasteiger partial charge in [0.2, 0.25) is 0 Å². The molecule has 0 aromatic carbocycles. The molecule has 0 aromatic rings. The largest absolute Gasteiger partial charge is 0.462 e. The molecule has 0 N–H and O–H groups in total. The number of ether oxygens (including phenoxy) is 1. The van der Waals surface area contributed by atoms with Gasteiger partial charge in [-0.05, 0) is 26.7 Å². The molecule has 0 aromatic heterocycles. The smallest absolute Gasteiger partial charge is 0.316 e. The number of hydrogen-bond acceptors (Lipinski definition) is 3. The highest BCUT2D eigenvalue weighted by Gasteiger charge is 2.27. The first-order chi connectivity index (χ1) is 22.5. The highest BCUT2D eigenvalue weighted by molar-refractivity contribution is 5.99. The summed E-state index contributed by atoms with van der Waals surface area (Å²) in [6.07, 6.45) is 45.1. The Bertz CT molecular complexity index is 628. The third-order valence-electron chi connectivity index (χ3n) is 9.90. The molecule has 46 heavy (non-hydrogen) atoms. The Balaban J connectivity index is 3.79. The topological polar surface area (TPSA) is 43.4 Å². The molecule has 0 bridgehead atoms. The molecule has 274 valence electrons. The monoisotopic (exact) mass is 649 g/mol. The molecule has 0 heterocycles. The van der Waals surface area contributed by atoms with Crippen LogP contribution in [0, 0.1) is 5.92 Å². The summed E-state index contributed by atoms with van der Waals surface area (Å²) in [4.78, 5) is 25.7. The van der Waals surface area contributed by atoms with Crippen LogP contribution in [0.3, 0.4) is 0 Å². The molecule has 3 nitrogen and oxygen atoms in total. The van der Waals surface area contributed by atoms with Crippen LogP contribution in [-0.2, 0) is 14.3 Å². The van der Waals surface area contributed by atoms with Crippen molar-refractivity contribution in [2.24, 2.45) is 5.92 Å². The van der Waals surface area contributed by atoms with Gasteiger partial charge in [-0.2, -0.15) is 0 Å². The van der Waals surface area contributed by atoms with Gasteiger partial charge in [-0.25, -0.2) is 0 Å². The fourth-order valence-corrected chi connectivity index (χ4v) is 6.82. The maximum atomic E-state index is 13.0. The van der Waals surface area contributed by atoms with E-state index >= 15 is 0 Å². The molecule has 0 aliphatic heterocycles. The Labute approximate surface area is 290 Å². The zero-order valence-corrected chi connectivity index (χ0v) is 32.1. The summed E-state index contributed by atoms with van der Waals surface area (Å²) in [6.45, 7) is 8.33. The zero-order valence-electron chi connectivity index (χ0n) is 32.1. The maximum absolute atomic E-state index is 13.0. The van der Waals surface area contributed by atoms with Crippen LogP contribution in [0.15, 0.2) is 0 Å². The van der Waals surface area contributed by atoms with E-state index in [2.05, 4.69) is 13.8 Å². The van der Waals surface area contributed by atoms with Crippen molar-refractivity contribution in [2.75, 3.05) is 0 Å². The molecule has 0 fully saturated rings. The van der Waals surface area contributed by atoms with E-state index in [0.717, 1.165) is 25.7 Å². The third kappa shape index (κ3) is 33.1. The van der Waals surface area contributed by atoms with Crippen LogP contribution in [0.4, 0.5) is 0 Å². The average molecular weight is 649 g/mol. The summed E-state index contributed by atoms with van der Waals surface area (Å²) < 4.78 is 5.49. The van der Waals surface area contributed by atoms with Gasteiger partial charge >= 0.3 is 5.97 Å². The Morgan fingerprint density at radius 3 is 0.935 bits per heavy atom. The molecule has 0 spiro atoms. The van der Waals surface area contributed by atoms with Gasteiger partial charge in [-0.15, -0.1) is 0 Å². The zero-order chi connectivity index (χ0) is 33.8. The second kappa shape index (κ2) is 37.0. The summed E-state index contributed by atoms with van der Waals surface area (Å²) in [5.41, 5.74) is 0. The minimum Gasteiger partial charge on any atom is -0.462 e. The molecule has 0 aliphatic carbocycles. The first-order valence-electron chi connectivity index (χ1n) is 21.3. The van der Waals surface area contributed by atoms with Crippen molar-refractivity contribution in [1.82, 2.24) is 0 Å². The molecule has 1 unspecified atom stereocenters. The number of hydrogen-bond donors (Lipinski definition) is 0. The minimum atomic E-state index is -0.546. The van der Waals surface area contributed by atoms with Crippen LogP contribution in [0.2, 0.25) is 0 Å². The van der Waals surface area contributed by atoms with Gasteiger partial charge in [-0.3, -0.25) is 9.59 Å². The van der Waals surface area contributed by atoms with Gasteiger partial charge in [0.1, 0.15) is 11.7 Å². The van der Waals surface area contributed by atoms with Gasteiger partial charge in [-0.1, -0.05) is 219 Å². The van der Waals surface area contributed by atoms with Crippen LogP contribution in [0.1, 0.15) is 252 Å². The predicted molar refractivity (Wildman–Crippen MR) is 203 cm³/mol. The number of carbonyl (C=O) groups is 2. The fraction of sp³-hybridized carbons (Fsp3) is 0.953. The lowest BCUT2D eigenvalue weighted by atomic mass is 9.92. The molecule has 0 rings (SSSR count).